The number of hydrogen-bond donors (Lipinski definition) is 2. The summed E-state index contributed by atoms with van der Waals surface area (Å²) in [6.45, 7) is 4.92. The largest absolute Gasteiger partial charge is 0.481 e. The first-order valence-electron chi connectivity index (χ1n) is 6.56. The zero-order valence-corrected chi connectivity index (χ0v) is 12.3. The third kappa shape index (κ3) is 5.51. The number of carboxylic acids is 1. The molecule has 0 aliphatic heterocycles. The number of carbonyl (C=O) groups is 2. The first-order chi connectivity index (χ1) is 9.60. The number of rotatable bonds is 5. The van der Waals surface area contributed by atoms with E-state index in [-0.39, 0.29) is 6.42 Å². The second-order valence-electron chi connectivity index (χ2n) is 5.85. The summed E-state index contributed by atoms with van der Waals surface area (Å²) in [5.41, 5.74) is 5.54. The molecule has 1 aromatic carbocycles. The maximum Gasteiger partial charge on any atom is 0.322 e. The lowest BCUT2D eigenvalue weighted by molar-refractivity contribution is -0.167. The van der Waals surface area contributed by atoms with Crippen LogP contribution >= 0.6 is 0 Å². The van der Waals surface area contributed by atoms with E-state index >= 15 is 0 Å². The Morgan fingerprint density at radius 1 is 1.38 bits per heavy atom. The van der Waals surface area contributed by atoms with Crippen LogP contribution in [-0.4, -0.2) is 28.7 Å². The van der Waals surface area contributed by atoms with Gasteiger partial charge in [0.05, 0.1) is 0 Å². The van der Waals surface area contributed by atoms with Gasteiger partial charge in [-0.2, -0.15) is 0 Å². The van der Waals surface area contributed by atoms with Gasteiger partial charge in [-0.1, -0.05) is 12.1 Å². The summed E-state index contributed by atoms with van der Waals surface area (Å²) >= 11 is 0. The Hall–Kier alpha value is -1.95. The van der Waals surface area contributed by atoms with Gasteiger partial charge in [-0.05, 0) is 44.9 Å². The standard InChI is InChI=1S/C15H20FNO4/c1-15(2,3)21-14(20)12(13(18)19)11(17)8-9-5-4-6-10(16)7-9/h4-7,11-12H,8,17H2,1-3H3,(H,18,19)/t11?,12-/m1/s1. The van der Waals surface area contributed by atoms with Gasteiger partial charge in [-0.15, -0.1) is 0 Å². The van der Waals surface area contributed by atoms with Crippen LogP contribution in [-0.2, 0) is 20.7 Å². The molecule has 6 heteroatoms. The topological polar surface area (TPSA) is 89.6 Å². The minimum absolute atomic E-state index is 0.0635. The molecule has 0 amide bonds. The van der Waals surface area contributed by atoms with E-state index < -0.39 is 35.3 Å². The maximum absolute atomic E-state index is 13.1. The molecule has 5 nitrogen and oxygen atoms in total. The van der Waals surface area contributed by atoms with Crippen LogP contribution in [0.2, 0.25) is 0 Å². The lowest BCUT2D eigenvalue weighted by atomic mass is 9.94. The van der Waals surface area contributed by atoms with Crippen molar-refractivity contribution in [2.24, 2.45) is 11.7 Å². The van der Waals surface area contributed by atoms with E-state index in [1.54, 1.807) is 26.8 Å². The minimum Gasteiger partial charge on any atom is -0.481 e. The van der Waals surface area contributed by atoms with Crippen molar-refractivity contribution in [3.63, 3.8) is 0 Å². The number of esters is 1. The SMILES string of the molecule is CC(C)(C)OC(=O)[C@@H](C(=O)O)C(N)Cc1cccc(F)c1. The first kappa shape index (κ1) is 17.1. The Labute approximate surface area is 122 Å². The Balaban J connectivity index is 2.85. The number of carbonyl (C=O) groups excluding carboxylic acids is 1. The highest BCUT2D eigenvalue weighted by Gasteiger charge is 2.36. The van der Waals surface area contributed by atoms with E-state index in [4.69, 9.17) is 10.5 Å². The van der Waals surface area contributed by atoms with Gasteiger partial charge in [-0.3, -0.25) is 9.59 Å². The summed E-state index contributed by atoms with van der Waals surface area (Å²) < 4.78 is 18.2. The van der Waals surface area contributed by atoms with Crippen molar-refractivity contribution < 1.29 is 23.8 Å². The van der Waals surface area contributed by atoms with E-state index in [1.807, 2.05) is 0 Å². The fourth-order valence-corrected chi connectivity index (χ4v) is 1.88. The summed E-state index contributed by atoms with van der Waals surface area (Å²) in [5.74, 6) is -4.18. The normalized spacial score (nSPS) is 14.3. The summed E-state index contributed by atoms with van der Waals surface area (Å²) in [6.07, 6.45) is 0.0635. The van der Waals surface area contributed by atoms with E-state index in [9.17, 15) is 19.1 Å². The Morgan fingerprint density at radius 2 is 2.00 bits per heavy atom. The highest BCUT2D eigenvalue weighted by atomic mass is 19.1. The highest BCUT2D eigenvalue weighted by molar-refractivity contribution is 5.95. The molecular weight excluding hydrogens is 277 g/mol. The molecule has 0 radical (unpaired) electrons. The number of ether oxygens (including phenoxy) is 1. The number of nitrogens with two attached hydrogens (primary N) is 1. The molecule has 0 heterocycles. The Kier molecular flexibility index (Phi) is 5.43. The predicted molar refractivity (Wildman–Crippen MR) is 75.1 cm³/mol. The molecule has 2 atom stereocenters. The zero-order valence-electron chi connectivity index (χ0n) is 12.3. The van der Waals surface area contributed by atoms with Crippen molar-refractivity contribution in [1.82, 2.24) is 0 Å². The first-order valence-corrected chi connectivity index (χ1v) is 6.56. The van der Waals surface area contributed by atoms with E-state index in [1.165, 1.54) is 18.2 Å². The molecule has 0 aliphatic rings. The van der Waals surface area contributed by atoms with Crippen molar-refractivity contribution >= 4 is 11.9 Å². The molecule has 1 aromatic rings. The number of hydrogen-bond acceptors (Lipinski definition) is 4. The quantitative estimate of drug-likeness (QED) is 0.638. The maximum atomic E-state index is 13.1. The van der Waals surface area contributed by atoms with Gasteiger partial charge >= 0.3 is 11.9 Å². The van der Waals surface area contributed by atoms with E-state index in [0.717, 1.165) is 0 Å². The molecule has 0 aliphatic carbocycles. The van der Waals surface area contributed by atoms with E-state index in [0.29, 0.717) is 5.56 Å². The van der Waals surface area contributed by atoms with Crippen molar-refractivity contribution in [3.8, 4) is 0 Å². The molecule has 0 fully saturated rings. The number of carboxylic acid groups (broad SMARTS) is 1. The number of benzene rings is 1. The molecule has 1 unspecified atom stereocenters. The van der Waals surface area contributed by atoms with Crippen molar-refractivity contribution in [2.45, 2.75) is 38.8 Å². The van der Waals surface area contributed by atoms with Crippen LogP contribution in [0.5, 0.6) is 0 Å². The van der Waals surface area contributed by atoms with Gasteiger partial charge in [0, 0.05) is 6.04 Å². The lowest BCUT2D eigenvalue weighted by Gasteiger charge is -2.25. The molecule has 116 valence electrons. The minimum atomic E-state index is -1.49. The molecule has 3 N–H and O–H groups in total. The van der Waals surface area contributed by atoms with E-state index in [2.05, 4.69) is 0 Å². The van der Waals surface area contributed by atoms with Crippen molar-refractivity contribution in [1.29, 1.82) is 0 Å². The van der Waals surface area contributed by atoms with Gasteiger partial charge in [0.15, 0.2) is 5.92 Å². The fraction of sp³-hybridized carbons (Fsp3) is 0.467. The monoisotopic (exact) mass is 297 g/mol. The van der Waals surface area contributed by atoms with Crippen molar-refractivity contribution in [3.05, 3.63) is 35.6 Å². The van der Waals surface area contributed by atoms with Gasteiger partial charge in [-0.25, -0.2) is 4.39 Å². The summed E-state index contributed by atoms with van der Waals surface area (Å²) in [6, 6.07) is 4.65. The summed E-state index contributed by atoms with van der Waals surface area (Å²) in [5, 5.41) is 9.19. The van der Waals surface area contributed by atoms with Crippen LogP contribution in [0.15, 0.2) is 24.3 Å². The van der Waals surface area contributed by atoms with Gasteiger partial charge in [0.2, 0.25) is 0 Å². The van der Waals surface area contributed by atoms with Crippen LogP contribution in [0.25, 0.3) is 0 Å². The second-order valence-corrected chi connectivity index (χ2v) is 5.85. The molecule has 21 heavy (non-hydrogen) atoms. The van der Waals surface area contributed by atoms with Crippen LogP contribution in [0, 0.1) is 11.7 Å². The van der Waals surface area contributed by atoms with Crippen LogP contribution in [0.1, 0.15) is 26.3 Å². The molecule has 0 saturated heterocycles. The smallest absolute Gasteiger partial charge is 0.322 e. The van der Waals surface area contributed by atoms with Gasteiger partial charge in [0.1, 0.15) is 11.4 Å². The van der Waals surface area contributed by atoms with Crippen molar-refractivity contribution in [2.75, 3.05) is 0 Å². The summed E-state index contributed by atoms with van der Waals surface area (Å²) in [7, 11) is 0. The third-order valence-electron chi connectivity index (χ3n) is 2.72. The number of halogens is 1. The molecule has 0 saturated carbocycles. The number of aliphatic carboxylic acids is 1. The fourth-order valence-electron chi connectivity index (χ4n) is 1.88. The third-order valence-corrected chi connectivity index (χ3v) is 2.72. The highest BCUT2D eigenvalue weighted by Crippen LogP contribution is 2.16. The zero-order chi connectivity index (χ0) is 16.2. The van der Waals surface area contributed by atoms with Crippen LogP contribution in [0.4, 0.5) is 4.39 Å². The molecule has 0 aromatic heterocycles. The molecule has 0 spiro atoms. The lowest BCUT2D eigenvalue weighted by Crippen LogP contribution is -2.45. The Bertz CT molecular complexity index is 525. The van der Waals surface area contributed by atoms with Gasteiger partial charge < -0.3 is 15.6 Å². The van der Waals surface area contributed by atoms with Gasteiger partial charge in [0.25, 0.3) is 0 Å². The van der Waals surface area contributed by atoms with Crippen LogP contribution in [0.3, 0.4) is 0 Å². The molecule has 1 rings (SSSR count). The second kappa shape index (κ2) is 6.67. The average Bonchev–Trinajstić information content (AvgIpc) is 2.25. The van der Waals surface area contributed by atoms with Crippen LogP contribution < -0.4 is 5.73 Å². The summed E-state index contributed by atoms with van der Waals surface area (Å²) in [4.78, 5) is 23.2. The Morgan fingerprint density at radius 3 is 2.48 bits per heavy atom. The predicted octanol–water partition coefficient (Wildman–Crippen LogP) is 1.74. The average molecular weight is 297 g/mol. The molecule has 0 bridgehead atoms. The molecular formula is C15H20FNO4.